The molecule has 1 unspecified atom stereocenters. The first-order valence-electron chi connectivity index (χ1n) is 5.80. The summed E-state index contributed by atoms with van der Waals surface area (Å²) >= 11 is 5.90. The molecule has 0 spiro atoms. The zero-order chi connectivity index (χ0) is 13.3. The summed E-state index contributed by atoms with van der Waals surface area (Å²) in [4.78, 5) is 12.4. The molecular weight excluding hydrogens is 256 g/mol. The lowest BCUT2D eigenvalue weighted by molar-refractivity contribution is -0.384. The number of piperidine rings is 1. The fourth-order valence-electron chi connectivity index (χ4n) is 2.33. The van der Waals surface area contributed by atoms with Crippen LogP contribution in [0.5, 0.6) is 0 Å². The summed E-state index contributed by atoms with van der Waals surface area (Å²) in [6.07, 6.45) is 1.51. The van der Waals surface area contributed by atoms with E-state index in [1.165, 1.54) is 12.1 Å². The molecule has 1 aromatic rings. The molecule has 0 radical (unpaired) electrons. The lowest BCUT2D eigenvalue weighted by atomic mass is 9.94. The van der Waals surface area contributed by atoms with Gasteiger partial charge in [0.2, 0.25) is 0 Å². The Morgan fingerprint density at radius 3 is 2.89 bits per heavy atom. The van der Waals surface area contributed by atoms with E-state index in [4.69, 9.17) is 11.6 Å². The zero-order valence-electron chi connectivity index (χ0n) is 10.1. The average Bonchev–Trinajstić information content (AvgIpc) is 2.27. The number of rotatable bonds is 2. The highest BCUT2D eigenvalue weighted by Gasteiger charge is 2.31. The van der Waals surface area contributed by atoms with Crippen LogP contribution < -0.4 is 4.90 Å². The van der Waals surface area contributed by atoms with Gasteiger partial charge in [-0.1, -0.05) is 11.6 Å². The summed E-state index contributed by atoms with van der Waals surface area (Å²) in [6.45, 7) is 2.82. The molecule has 0 saturated carbocycles. The molecule has 1 N–H and O–H groups in total. The van der Waals surface area contributed by atoms with E-state index in [-0.39, 0.29) is 5.69 Å². The van der Waals surface area contributed by atoms with E-state index in [0.717, 1.165) is 6.42 Å². The van der Waals surface area contributed by atoms with Crippen LogP contribution >= 0.6 is 11.6 Å². The molecule has 2 rings (SSSR count). The number of halogens is 1. The van der Waals surface area contributed by atoms with Crippen LogP contribution in [0.3, 0.4) is 0 Å². The molecule has 1 heterocycles. The highest BCUT2D eigenvalue weighted by Crippen LogP contribution is 2.34. The van der Waals surface area contributed by atoms with Crippen LogP contribution in [0.1, 0.15) is 19.8 Å². The fraction of sp³-hybridized carbons (Fsp3) is 0.500. The molecule has 1 aliphatic rings. The van der Waals surface area contributed by atoms with Crippen molar-refractivity contribution in [1.29, 1.82) is 0 Å². The second-order valence-electron chi connectivity index (χ2n) is 4.91. The average molecular weight is 271 g/mol. The van der Waals surface area contributed by atoms with E-state index < -0.39 is 10.5 Å². The lowest BCUT2D eigenvalue weighted by Crippen LogP contribution is -2.46. The van der Waals surface area contributed by atoms with Crippen molar-refractivity contribution in [2.24, 2.45) is 0 Å². The number of nitro benzene ring substituents is 1. The standard InChI is InChI=1S/C12H15ClN2O3/c1-12(16)5-2-6-14(8-12)11-7-9(13)3-4-10(11)15(17)18/h3-4,7,16H,2,5-6,8H2,1H3. The van der Waals surface area contributed by atoms with Gasteiger partial charge >= 0.3 is 0 Å². The Hall–Kier alpha value is -1.33. The minimum absolute atomic E-state index is 0.0251. The third-order valence-corrected chi connectivity index (χ3v) is 3.38. The molecule has 1 fully saturated rings. The molecule has 98 valence electrons. The predicted octanol–water partition coefficient (Wildman–Crippen LogP) is 2.60. The summed E-state index contributed by atoms with van der Waals surface area (Å²) in [5.74, 6) is 0. The molecule has 0 aliphatic carbocycles. The number of nitrogens with zero attached hydrogens (tertiary/aromatic N) is 2. The number of aliphatic hydroxyl groups is 1. The van der Waals surface area contributed by atoms with E-state index >= 15 is 0 Å². The molecule has 0 bridgehead atoms. The number of hydrogen-bond acceptors (Lipinski definition) is 4. The van der Waals surface area contributed by atoms with Crippen LogP contribution in [0.4, 0.5) is 11.4 Å². The molecule has 5 nitrogen and oxygen atoms in total. The Labute approximate surface area is 110 Å². The van der Waals surface area contributed by atoms with Gasteiger partial charge in [0, 0.05) is 24.2 Å². The quantitative estimate of drug-likeness (QED) is 0.663. The van der Waals surface area contributed by atoms with Gasteiger partial charge in [-0.2, -0.15) is 0 Å². The maximum Gasteiger partial charge on any atom is 0.292 e. The Kier molecular flexibility index (Phi) is 3.45. The SMILES string of the molecule is CC1(O)CCCN(c2cc(Cl)ccc2[N+](=O)[O-])C1. The Morgan fingerprint density at radius 1 is 1.56 bits per heavy atom. The fourth-order valence-corrected chi connectivity index (χ4v) is 2.50. The molecule has 6 heteroatoms. The molecule has 0 amide bonds. The monoisotopic (exact) mass is 270 g/mol. The van der Waals surface area contributed by atoms with E-state index in [1.54, 1.807) is 13.0 Å². The van der Waals surface area contributed by atoms with Crippen LogP contribution in [0.2, 0.25) is 5.02 Å². The third kappa shape index (κ3) is 2.73. The van der Waals surface area contributed by atoms with Gasteiger partial charge in [0.1, 0.15) is 5.69 Å². The van der Waals surface area contributed by atoms with Crippen molar-refractivity contribution in [2.75, 3.05) is 18.0 Å². The Morgan fingerprint density at radius 2 is 2.28 bits per heavy atom. The highest BCUT2D eigenvalue weighted by atomic mass is 35.5. The van der Waals surface area contributed by atoms with Gasteiger partial charge in [-0.05, 0) is 31.9 Å². The largest absolute Gasteiger partial charge is 0.388 e. The summed E-state index contributed by atoms with van der Waals surface area (Å²) in [6, 6.07) is 4.49. The van der Waals surface area contributed by atoms with E-state index in [1.807, 2.05) is 4.90 Å². The van der Waals surface area contributed by atoms with Crippen molar-refractivity contribution < 1.29 is 10.0 Å². The summed E-state index contributed by atoms with van der Waals surface area (Å²) in [5, 5.41) is 21.5. The van der Waals surface area contributed by atoms with Crippen LogP contribution in [-0.2, 0) is 0 Å². The maximum atomic E-state index is 11.0. The van der Waals surface area contributed by atoms with Crippen LogP contribution in [0.25, 0.3) is 0 Å². The van der Waals surface area contributed by atoms with Crippen molar-refractivity contribution in [3.8, 4) is 0 Å². The minimum atomic E-state index is -0.811. The number of nitro groups is 1. The number of hydrogen-bond donors (Lipinski definition) is 1. The van der Waals surface area contributed by atoms with E-state index in [9.17, 15) is 15.2 Å². The normalized spacial score (nSPS) is 24.1. The summed E-state index contributed by atoms with van der Waals surface area (Å²) < 4.78 is 0. The Bertz CT molecular complexity index is 476. The Balaban J connectivity index is 2.37. The van der Waals surface area contributed by atoms with Crippen molar-refractivity contribution in [3.05, 3.63) is 33.3 Å². The second kappa shape index (κ2) is 4.74. The van der Waals surface area contributed by atoms with Gasteiger partial charge < -0.3 is 10.0 Å². The number of β-amino-alcohol motifs (C(OH)–C–C–N with tert-alkyl or cyclic N) is 1. The number of anilines is 1. The molecule has 0 aromatic heterocycles. The maximum absolute atomic E-state index is 11.0. The second-order valence-corrected chi connectivity index (χ2v) is 5.35. The smallest absolute Gasteiger partial charge is 0.292 e. The first kappa shape index (κ1) is 13.1. The molecule has 1 saturated heterocycles. The molecule has 1 aliphatic heterocycles. The van der Waals surface area contributed by atoms with Gasteiger partial charge in [0.15, 0.2) is 0 Å². The van der Waals surface area contributed by atoms with Gasteiger partial charge in [-0.3, -0.25) is 10.1 Å². The van der Waals surface area contributed by atoms with E-state index in [2.05, 4.69) is 0 Å². The topological polar surface area (TPSA) is 66.6 Å². The van der Waals surface area contributed by atoms with Gasteiger partial charge in [-0.15, -0.1) is 0 Å². The summed E-state index contributed by atoms with van der Waals surface area (Å²) in [7, 11) is 0. The van der Waals surface area contributed by atoms with Crippen LogP contribution in [0.15, 0.2) is 18.2 Å². The van der Waals surface area contributed by atoms with Gasteiger partial charge in [-0.25, -0.2) is 0 Å². The predicted molar refractivity (Wildman–Crippen MR) is 70.2 cm³/mol. The van der Waals surface area contributed by atoms with Crippen molar-refractivity contribution in [2.45, 2.75) is 25.4 Å². The van der Waals surface area contributed by atoms with E-state index in [0.29, 0.717) is 30.2 Å². The van der Waals surface area contributed by atoms with Gasteiger partial charge in [0.05, 0.1) is 10.5 Å². The van der Waals surface area contributed by atoms with Crippen LogP contribution in [0, 0.1) is 10.1 Å². The summed E-state index contributed by atoms with van der Waals surface area (Å²) in [5.41, 5.74) is -0.307. The lowest BCUT2D eigenvalue weighted by Gasteiger charge is -2.37. The molecule has 18 heavy (non-hydrogen) atoms. The highest BCUT2D eigenvalue weighted by molar-refractivity contribution is 6.31. The third-order valence-electron chi connectivity index (χ3n) is 3.15. The molecule has 1 aromatic carbocycles. The minimum Gasteiger partial charge on any atom is -0.388 e. The zero-order valence-corrected chi connectivity index (χ0v) is 10.9. The first-order valence-corrected chi connectivity index (χ1v) is 6.18. The molecule has 1 atom stereocenters. The first-order chi connectivity index (χ1) is 8.39. The van der Waals surface area contributed by atoms with Crippen molar-refractivity contribution >= 4 is 23.0 Å². The van der Waals surface area contributed by atoms with Crippen LogP contribution in [-0.4, -0.2) is 28.7 Å². The van der Waals surface area contributed by atoms with Gasteiger partial charge in [0.25, 0.3) is 5.69 Å². The van der Waals surface area contributed by atoms with Crippen molar-refractivity contribution in [3.63, 3.8) is 0 Å². The number of benzene rings is 1. The molecular formula is C12H15ClN2O3. The van der Waals surface area contributed by atoms with Crippen molar-refractivity contribution in [1.82, 2.24) is 0 Å².